The molecule has 204 valence electrons. The fourth-order valence-electron chi connectivity index (χ4n) is 4.30. The van der Waals surface area contributed by atoms with Gasteiger partial charge in [0.15, 0.2) is 0 Å². The van der Waals surface area contributed by atoms with Crippen molar-refractivity contribution in [3.63, 3.8) is 0 Å². The number of aliphatic hydroxyl groups is 1. The first-order valence-corrected chi connectivity index (χ1v) is 12.7. The Kier molecular flexibility index (Phi) is 9.06. The third-order valence-corrected chi connectivity index (χ3v) is 6.90. The van der Waals surface area contributed by atoms with Gasteiger partial charge in [0.1, 0.15) is 30.1 Å². The van der Waals surface area contributed by atoms with E-state index in [9.17, 15) is 23.5 Å². The third-order valence-electron chi connectivity index (χ3n) is 6.66. The number of aliphatic hydroxyl groups excluding tert-OH is 1. The number of aldehydes is 1. The van der Waals surface area contributed by atoms with Crippen LogP contribution in [0.2, 0.25) is 5.02 Å². The van der Waals surface area contributed by atoms with Crippen molar-refractivity contribution in [3.05, 3.63) is 100 Å². The molecule has 0 aliphatic carbocycles. The van der Waals surface area contributed by atoms with Crippen molar-refractivity contribution in [1.29, 1.82) is 0 Å². The summed E-state index contributed by atoms with van der Waals surface area (Å²) in [6, 6.07) is 16.9. The van der Waals surface area contributed by atoms with E-state index >= 15 is 0 Å². The second-order valence-corrected chi connectivity index (χ2v) is 9.74. The van der Waals surface area contributed by atoms with Crippen LogP contribution in [0.15, 0.2) is 71.7 Å². The van der Waals surface area contributed by atoms with E-state index in [-0.39, 0.29) is 18.8 Å². The second-order valence-electron chi connectivity index (χ2n) is 9.30. The maximum atomic E-state index is 13.8. The van der Waals surface area contributed by atoms with Crippen molar-refractivity contribution < 1.29 is 28.2 Å². The quantitative estimate of drug-likeness (QED) is 0.388. The van der Waals surface area contributed by atoms with Gasteiger partial charge in [-0.15, -0.1) is 0 Å². The van der Waals surface area contributed by atoms with Gasteiger partial charge in [-0.05, 0) is 24.3 Å². The van der Waals surface area contributed by atoms with E-state index in [0.717, 1.165) is 17.7 Å². The lowest BCUT2D eigenvalue weighted by Crippen LogP contribution is -2.52. The largest absolute Gasteiger partial charge is 0.390 e. The van der Waals surface area contributed by atoms with Crippen LogP contribution >= 0.6 is 11.6 Å². The molecule has 0 fully saturated rings. The van der Waals surface area contributed by atoms with E-state index in [0.29, 0.717) is 28.3 Å². The van der Waals surface area contributed by atoms with Crippen molar-refractivity contribution in [2.24, 2.45) is 10.9 Å². The highest BCUT2D eigenvalue weighted by Crippen LogP contribution is 2.31. The zero-order chi connectivity index (χ0) is 28.1. The minimum absolute atomic E-state index is 0.124. The van der Waals surface area contributed by atoms with Crippen molar-refractivity contribution in [3.8, 4) is 0 Å². The molecule has 0 aromatic heterocycles. The molecular formula is C29H28ClF2N3O4. The summed E-state index contributed by atoms with van der Waals surface area (Å²) in [6.07, 6.45) is -1.51. The smallest absolute Gasteiger partial charge is 0.227 e. The molecule has 0 saturated heterocycles. The number of amides is 1. The maximum Gasteiger partial charge on any atom is 0.227 e. The van der Waals surface area contributed by atoms with Gasteiger partial charge < -0.3 is 24.9 Å². The predicted molar refractivity (Wildman–Crippen MR) is 145 cm³/mol. The molecule has 1 aliphatic heterocycles. The van der Waals surface area contributed by atoms with Crippen LogP contribution in [0.3, 0.4) is 0 Å². The van der Waals surface area contributed by atoms with E-state index in [1.165, 1.54) is 13.0 Å². The summed E-state index contributed by atoms with van der Waals surface area (Å²) in [7, 11) is 1.73. The number of nitrogens with zero attached hydrogens (tertiary/aromatic N) is 2. The highest BCUT2D eigenvalue weighted by Gasteiger charge is 2.34. The Morgan fingerprint density at radius 3 is 2.62 bits per heavy atom. The average molecular weight is 556 g/mol. The average Bonchev–Trinajstić information content (AvgIpc) is 3.03. The number of ether oxygens (including phenoxy) is 1. The highest BCUT2D eigenvalue weighted by molar-refractivity contribution is 6.31. The molecule has 39 heavy (non-hydrogen) atoms. The lowest BCUT2D eigenvalue weighted by molar-refractivity contribution is -0.130. The number of nitrogens with one attached hydrogen (secondary N) is 1. The SMILES string of the molecule is CC(C(=O)NC1N=C(c2ccccc2)c2cc(Cl)ccc2N(C)C1C=O)C(O)COCc1ccc(F)cc1F. The van der Waals surface area contributed by atoms with Crippen LogP contribution in [0, 0.1) is 17.6 Å². The number of halogens is 3. The number of aliphatic imine (C=N–C) groups is 1. The summed E-state index contributed by atoms with van der Waals surface area (Å²) >= 11 is 6.30. The molecule has 1 amide bonds. The van der Waals surface area contributed by atoms with Crippen LogP contribution in [0.4, 0.5) is 14.5 Å². The first-order chi connectivity index (χ1) is 18.7. The molecule has 0 saturated carbocycles. The number of likely N-dealkylation sites (N-methyl/N-ethyl adjacent to an activating group) is 1. The summed E-state index contributed by atoms with van der Waals surface area (Å²) in [5.74, 6) is -2.97. The first-order valence-electron chi connectivity index (χ1n) is 12.3. The maximum absolute atomic E-state index is 13.8. The summed E-state index contributed by atoms with van der Waals surface area (Å²) in [5, 5.41) is 13.9. The number of rotatable bonds is 9. The summed E-state index contributed by atoms with van der Waals surface area (Å²) in [5.41, 5.74) is 2.86. The van der Waals surface area contributed by atoms with Crippen molar-refractivity contribution in [2.45, 2.75) is 31.8 Å². The molecule has 4 rings (SSSR count). The molecular weight excluding hydrogens is 528 g/mol. The molecule has 2 N–H and O–H groups in total. The van der Waals surface area contributed by atoms with Crippen molar-refractivity contribution in [2.75, 3.05) is 18.6 Å². The fourth-order valence-corrected chi connectivity index (χ4v) is 4.47. The molecule has 4 unspecified atom stereocenters. The number of hydrogen-bond acceptors (Lipinski definition) is 6. The minimum atomic E-state index is -1.24. The lowest BCUT2D eigenvalue weighted by Gasteiger charge is -2.30. The van der Waals surface area contributed by atoms with Crippen LogP contribution in [0.25, 0.3) is 0 Å². The Hall–Kier alpha value is -3.66. The third kappa shape index (κ3) is 6.50. The molecule has 1 heterocycles. The van der Waals surface area contributed by atoms with E-state index in [2.05, 4.69) is 5.32 Å². The van der Waals surface area contributed by atoms with Gasteiger partial charge in [-0.25, -0.2) is 8.78 Å². The monoisotopic (exact) mass is 555 g/mol. The fraction of sp³-hybridized carbons (Fsp3) is 0.276. The van der Waals surface area contributed by atoms with Gasteiger partial charge in [0.05, 0.1) is 30.9 Å². The van der Waals surface area contributed by atoms with Crippen LogP contribution in [-0.2, 0) is 20.9 Å². The Labute approximate surface area is 230 Å². The molecule has 4 atom stereocenters. The number of hydrogen-bond donors (Lipinski definition) is 2. The van der Waals surface area contributed by atoms with Crippen LogP contribution < -0.4 is 10.2 Å². The Morgan fingerprint density at radius 2 is 1.92 bits per heavy atom. The number of fused-ring (bicyclic) bond motifs is 1. The molecule has 0 spiro atoms. The number of benzodiazepines with no additional fused rings is 1. The standard InChI is InChI=1S/C29H28ClF2N3O4/c1-17(26(37)16-39-15-19-8-10-21(31)13-23(19)32)29(38)34-28-25(14-36)35(2)24-11-9-20(30)12-22(24)27(33-28)18-6-4-3-5-7-18/h3-14,17,25-26,28,37H,15-16H2,1-2H3,(H,34,38). The summed E-state index contributed by atoms with van der Waals surface area (Å²) < 4.78 is 32.3. The van der Waals surface area contributed by atoms with Crippen molar-refractivity contribution in [1.82, 2.24) is 5.32 Å². The van der Waals surface area contributed by atoms with Crippen LogP contribution in [0.5, 0.6) is 0 Å². The number of carbonyl (C=O) groups excluding carboxylic acids is 2. The second kappa shape index (κ2) is 12.5. The molecule has 0 radical (unpaired) electrons. The zero-order valence-electron chi connectivity index (χ0n) is 21.4. The number of anilines is 1. The van der Waals surface area contributed by atoms with Gasteiger partial charge in [0.25, 0.3) is 0 Å². The van der Waals surface area contributed by atoms with Gasteiger partial charge in [-0.1, -0.05) is 54.9 Å². The van der Waals surface area contributed by atoms with Crippen LogP contribution in [-0.4, -0.2) is 55.0 Å². The minimum Gasteiger partial charge on any atom is -0.390 e. The van der Waals surface area contributed by atoms with Crippen molar-refractivity contribution >= 4 is 35.2 Å². The van der Waals surface area contributed by atoms with E-state index in [4.69, 9.17) is 21.3 Å². The van der Waals surface area contributed by atoms with Gasteiger partial charge in [-0.3, -0.25) is 9.79 Å². The van der Waals surface area contributed by atoms with Gasteiger partial charge in [-0.2, -0.15) is 0 Å². The molecule has 7 nitrogen and oxygen atoms in total. The number of benzene rings is 3. The molecule has 3 aromatic carbocycles. The van der Waals surface area contributed by atoms with Crippen LogP contribution in [0.1, 0.15) is 23.6 Å². The molecule has 10 heteroatoms. The number of carbonyl (C=O) groups is 2. The zero-order valence-corrected chi connectivity index (χ0v) is 22.1. The predicted octanol–water partition coefficient (Wildman–Crippen LogP) is 4.13. The topological polar surface area (TPSA) is 91.2 Å². The van der Waals surface area contributed by atoms with Gasteiger partial charge in [0.2, 0.25) is 5.91 Å². The summed E-state index contributed by atoms with van der Waals surface area (Å²) in [6.45, 7) is 1.04. The lowest BCUT2D eigenvalue weighted by atomic mass is 10.0. The first kappa shape index (κ1) is 28.4. The normalized spacial score (nSPS) is 18.4. The van der Waals surface area contributed by atoms with E-state index in [1.807, 2.05) is 30.3 Å². The highest BCUT2D eigenvalue weighted by atomic mass is 35.5. The van der Waals surface area contributed by atoms with Gasteiger partial charge >= 0.3 is 0 Å². The molecule has 1 aliphatic rings. The van der Waals surface area contributed by atoms with E-state index < -0.39 is 41.8 Å². The Balaban J connectivity index is 1.53. The molecule has 0 bridgehead atoms. The Bertz CT molecular complexity index is 1370. The summed E-state index contributed by atoms with van der Waals surface area (Å²) in [4.78, 5) is 32.0. The molecule has 3 aromatic rings. The van der Waals surface area contributed by atoms with Gasteiger partial charge in [0, 0.05) is 40.5 Å². The Morgan fingerprint density at radius 1 is 1.18 bits per heavy atom. The van der Waals surface area contributed by atoms with E-state index in [1.54, 1.807) is 30.1 Å².